The number of amides is 1. The number of aryl methyl sites for hydroxylation is 2. The van der Waals surface area contributed by atoms with Crippen molar-refractivity contribution in [3.63, 3.8) is 0 Å². The van der Waals surface area contributed by atoms with Gasteiger partial charge in [0.1, 0.15) is 0 Å². The number of nitrogens with one attached hydrogen (secondary N) is 2. The number of hydrogen-bond acceptors (Lipinski definition) is 5. The van der Waals surface area contributed by atoms with Gasteiger partial charge in [0, 0.05) is 36.6 Å². The molecule has 8 nitrogen and oxygen atoms in total. The van der Waals surface area contributed by atoms with Crippen LogP contribution in [0.1, 0.15) is 50.7 Å². The quantitative estimate of drug-likeness (QED) is 0.213. The Labute approximate surface area is 268 Å². The predicted molar refractivity (Wildman–Crippen MR) is 142 cm³/mol. The zero-order valence-corrected chi connectivity index (χ0v) is 26.6. The van der Waals surface area contributed by atoms with Crippen LogP contribution in [0.15, 0.2) is 59.6 Å². The number of carboxylic acid groups (broad SMARTS) is 1. The first kappa shape index (κ1) is 32.7. The summed E-state index contributed by atoms with van der Waals surface area (Å²) in [5.74, 6) is -1.57. The van der Waals surface area contributed by atoms with E-state index >= 15 is 0 Å². The molecule has 200 valence electrons. The molecular formula is C28H36KN3O5S. The molecule has 38 heavy (non-hydrogen) atoms. The number of unbranched alkanes of at least 4 members (excludes halogenated alkanes) is 1. The van der Waals surface area contributed by atoms with Gasteiger partial charge in [0.2, 0.25) is 15.9 Å². The van der Waals surface area contributed by atoms with Crippen LogP contribution in [0.3, 0.4) is 0 Å². The number of aliphatic carboxylic acids is 1. The first-order valence-electron chi connectivity index (χ1n) is 12.7. The third kappa shape index (κ3) is 9.01. The van der Waals surface area contributed by atoms with Crippen molar-refractivity contribution in [3.05, 3.63) is 65.9 Å². The Morgan fingerprint density at radius 3 is 2.39 bits per heavy atom. The Morgan fingerprint density at radius 2 is 1.74 bits per heavy atom. The number of aromatic amines is 1. The number of fused-ring (bicyclic) bond motifs is 1. The van der Waals surface area contributed by atoms with E-state index in [9.17, 15) is 23.1 Å². The Bertz CT molecular complexity index is 1310. The summed E-state index contributed by atoms with van der Waals surface area (Å²) in [7, 11) is -4.02. The van der Waals surface area contributed by atoms with E-state index in [-0.39, 0.29) is 81.1 Å². The molecule has 1 aromatic heterocycles. The average Bonchev–Trinajstić information content (AvgIpc) is 3.27. The number of carbonyl (C=O) groups is 2. The van der Waals surface area contributed by atoms with E-state index in [2.05, 4.69) is 10.3 Å². The molecule has 3 aromatic rings. The standard InChI is InChI=1S/C28H37N3O5S.K/c1-20(2)19-31(37(35,36)23-14-11-21(3)12-15-23)26(28(33)34)10-6-7-17-29-27(32)16-13-22-18-30-25-9-5-4-8-24(22)25;/h4-5,8-9,11-12,14-15,18,20,26,30H,6-7,10,13,16-17,19H2,1-3H3,(H,29,32)(H,33,34);/q;+1/p-1/t26-;/m0./s1. The van der Waals surface area contributed by atoms with Crippen LogP contribution in [0.25, 0.3) is 10.9 Å². The molecule has 1 atom stereocenters. The topological polar surface area (TPSA) is 122 Å². The monoisotopic (exact) mass is 565 g/mol. The minimum Gasteiger partial charge on any atom is -0.548 e. The van der Waals surface area contributed by atoms with Crippen LogP contribution < -0.4 is 61.8 Å². The molecule has 10 heteroatoms. The zero-order chi connectivity index (χ0) is 27.0. The number of H-pyrrole nitrogens is 1. The molecule has 0 radical (unpaired) electrons. The number of hydrogen-bond donors (Lipinski definition) is 2. The van der Waals surface area contributed by atoms with Crippen LogP contribution in [-0.4, -0.2) is 48.7 Å². The molecule has 0 aliphatic heterocycles. The molecule has 0 saturated heterocycles. The van der Waals surface area contributed by atoms with Crippen molar-refractivity contribution in [3.8, 4) is 0 Å². The summed E-state index contributed by atoms with van der Waals surface area (Å²) in [6, 6.07) is 13.0. The van der Waals surface area contributed by atoms with Gasteiger partial charge in [0.25, 0.3) is 0 Å². The number of nitrogens with zero attached hydrogens (tertiary/aromatic N) is 1. The number of rotatable bonds is 14. The Hall–Kier alpha value is -1.53. The molecule has 0 saturated carbocycles. The zero-order valence-electron chi connectivity index (χ0n) is 22.7. The molecule has 0 aliphatic carbocycles. The minimum absolute atomic E-state index is 0. The SMILES string of the molecule is Cc1ccc(S(=O)(=O)N(CC(C)C)[C@@H](CCCCNC(=O)CCc2c[nH]c3ccccc23)C(=O)[O-])cc1.[K+]. The van der Waals surface area contributed by atoms with Gasteiger partial charge in [-0.2, -0.15) is 4.31 Å². The van der Waals surface area contributed by atoms with E-state index in [0.29, 0.717) is 32.2 Å². The normalized spacial score (nSPS) is 12.4. The van der Waals surface area contributed by atoms with Crippen molar-refractivity contribution in [2.45, 2.75) is 63.8 Å². The average molecular weight is 566 g/mol. The minimum atomic E-state index is -4.02. The van der Waals surface area contributed by atoms with Crippen LogP contribution in [0, 0.1) is 12.8 Å². The Balaban J connectivity index is 0.00000507. The fourth-order valence-corrected chi connectivity index (χ4v) is 6.12. The Kier molecular flexibility index (Phi) is 13.2. The first-order valence-corrected chi connectivity index (χ1v) is 14.1. The van der Waals surface area contributed by atoms with Gasteiger partial charge < -0.3 is 20.2 Å². The van der Waals surface area contributed by atoms with E-state index in [1.165, 1.54) is 12.1 Å². The second-order valence-corrected chi connectivity index (χ2v) is 11.7. The fraction of sp³-hybridized carbons (Fsp3) is 0.429. The number of para-hydroxylation sites is 1. The van der Waals surface area contributed by atoms with Crippen LogP contribution in [0.2, 0.25) is 0 Å². The van der Waals surface area contributed by atoms with E-state index in [1.54, 1.807) is 12.1 Å². The largest absolute Gasteiger partial charge is 1.00 e. The summed E-state index contributed by atoms with van der Waals surface area (Å²) in [5.41, 5.74) is 3.04. The van der Waals surface area contributed by atoms with E-state index in [4.69, 9.17) is 0 Å². The summed E-state index contributed by atoms with van der Waals surface area (Å²) >= 11 is 0. The molecular weight excluding hydrogens is 529 g/mol. The van der Waals surface area contributed by atoms with Gasteiger partial charge in [0.15, 0.2) is 0 Å². The van der Waals surface area contributed by atoms with Gasteiger partial charge in [-0.25, -0.2) is 8.42 Å². The van der Waals surface area contributed by atoms with E-state index in [1.807, 2.05) is 51.2 Å². The summed E-state index contributed by atoms with van der Waals surface area (Å²) in [6.07, 6.45) is 3.95. The van der Waals surface area contributed by atoms with Crippen molar-refractivity contribution in [2.75, 3.05) is 13.1 Å². The number of benzene rings is 2. The molecule has 1 amide bonds. The van der Waals surface area contributed by atoms with Gasteiger partial charge in [-0.05, 0) is 62.3 Å². The molecule has 0 bridgehead atoms. The summed E-state index contributed by atoms with van der Waals surface area (Å²) in [6.45, 7) is 6.00. The molecule has 2 aromatic carbocycles. The predicted octanol–water partition coefficient (Wildman–Crippen LogP) is 0.165. The molecule has 2 N–H and O–H groups in total. The van der Waals surface area contributed by atoms with Gasteiger partial charge in [-0.3, -0.25) is 4.79 Å². The number of carbonyl (C=O) groups excluding carboxylic acids is 2. The van der Waals surface area contributed by atoms with Gasteiger partial charge in [-0.15, -0.1) is 0 Å². The number of aromatic nitrogens is 1. The molecule has 0 fully saturated rings. The van der Waals surface area contributed by atoms with Crippen LogP contribution in [-0.2, 0) is 26.0 Å². The number of sulfonamides is 1. The van der Waals surface area contributed by atoms with Crippen LogP contribution in [0.4, 0.5) is 0 Å². The van der Waals surface area contributed by atoms with E-state index in [0.717, 1.165) is 26.3 Å². The van der Waals surface area contributed by atoms with Crippen molar-refractivity contribution < 1.29 is 74.5 Å². The van der Waals surface area contributed by atoms with E-state index < -0.39 is 22.0 Å². The molecule has 0 spiro atoms. The summed E-state index contributed by atoms with van der Waals surface area (Å²) in [4.78, 5) is 27.6. The van der Waals surface area contributed by atoms with Crippen LogP contribution in [0.5, 0.6) is 0 Å². The second-order valence-electron chi connectivity index (χ2n) is 9.82. The maximum absolute atomic E-state index is 13.3. The maximum Gasteiger partial charge on any atom is 1.00 e. The van der Waals surface area contributed by atoms with Crippen molar-refractivity contribution in [1.82, 2.24) is 14.6 Å². The number of carboxylic acids is 1. The van der Waals surface area contributed by atoms with Gasteiger partial charge >= 0.3 is 51.4 Å². The summed E-state index contributed by atoms with van der Waals surface area (Å²) < 4.78 is 27.7. The van der Waals surface area contributed by atoms with Crippen molar-refractivity contribution in [1.29, 1.82) is 0 Å². The third-order valence-electron chi connectivity index (χ3n) is 6.32. The fourth-order valence-electron chi connectivity index (χ4n) is 4.34. The van der Waals surface area contributed by atoms with Gasteiger partial charge in [0.05, 0.1) is 16.9 Å². The van der Waals surface area contributed by atoms with Crippen molar-refractivity contribution >= 4 is 32.8 Å². The smallest absolute Gasteiger partial charge is 0.548 e. The Morgan fingerprint density at radius 1 is 1.05 bits per heavy atom. The van der Waals surface area contributed by atoms with Crippen LogP contribution >= 0.6 is 0 Å². The molecule has 0 unspecified atom stereocenters. The van der Waals surface area contributed by atoms with Crippen molar-refractivity contribution in [2.24, 2.45) is 5.92 Å². The first-order chi connectivity index (χ1) is 17.6. The maximum atomic E-state index is 13.3. The second kappa shape index (κ2) is 15.3. The summed E-state index contributed by atoms with van der Waals surface area (Å²) in [5, 5.41) is 16.0. The molecule has 1 heterocycles. The third-order valence-corrected chi connectivity index (χ3v) is 8.20. The molecule has 0 aliphatic rings. The molecule has 3 rings (SSSR count). The van der Waals surface area contributed by atoms with Gasteiger partial charge in [-0.1, -0.05) is 49.7 Å².